The molecule has 0 bridgehead atoms. The van der Waals surface area contributed by atoms with Gasteiger partial charge in [-0.15, -0.1) is 0 Å². The SMILES string of the molecule is CC.CC.CC.CC.CS.Cc1cccc(-c2ccc(Cc3ccc(-c4cccc(C)c4)cc3)cc2)c1. The van der Waals surface area contributed by atoms with Gasteiger partial charge in [0.05, 0.1) is 0 Å². The molecule has 37 heavy (non-hydrogen) atoms. The maximum absolute atomic E-state index is 3.53. The predicted octanol–water partition coefficient (Wildman–Crippen LogP) is 11.9. The van der Waals surface area contributed by atoms with E-state index < -0.39 is 0 Å². The van der Waals surface area contributed by atoms with Crippen LogP contribution in [-0.2, 0) is 6.42 Å². The Morgan fingerprint density at radius 2 is 0.703 bits per heavy atom. The molecule has 0 heterocycles. The maximum Gasteiger partial charge on any atom is -0.00258 e. The molecule has 0 nitrogen and oxygen atoms in total. The lowest BCUT2D eigenvalue weighted by atomic mass is 9.97. The molecule has 0 aliphatic heterocycles. The van der Waals surface area contributed by atoms with E-state index in [9.17, 15) is 0 Å². The fourth-order valence-corrected chi connectivity index (χ4v) is 3.52. The Morgan fingerprint density at radius 1 is 0.405 bits per heavy atom. The zero-order chi connectivity index (χ0) is 28.6. The maximum atomic E-state index is 3.53. The van der Waals surface area contributed by atoms with E-state index in [-0.39, 0.29) is 0 Å². The van der Waals surface area contributed by atoms with Crippen molar-refractivity contribution in [3.05, 3.63) is 119 Å². The molecule has 0 amide bonds. The molecule has 4 aromatic rings. The highest BCUT2D eigenvalue weighted by Crippen LogP contribution is 2.24. The van der Waals surface area contributed by atoms with Gasteiger partial charge in [0.25, 0.3) is 0 Å². The van der Waals surface area contributed by atoms with E-state index in [1.54, 1.807) is 6.26 Å². The predicted molar refractivity (Wildman–Crippen MR) is 176 cm³/mol. The molecule has 0 unspecified atom stereocenters. The summed E-state index contributed by atoms with van der Waals surface area (Å²) < 4.78 is 0. The minimum absolute atomic E-state index is 0.961. The first-order valence-corrected chi connectivity index (χ1v) is 14.8. The lowest BCUT2D eigenvalue weighted by molar-refractivity contribution is 1.19. The van der Waals surface area contributed by atoms with Crippen molar-refractivity contribution in [3.63, 3.8) is 0 Å². The van der Waals surface area contributed by atoms with Crippen molar-refractivity contribution in [2.24, 2.45) is 0 Å². The topological polar surface area (TPSA) is 0 Å². The summed E-state index contributed by atoms with van der Waals surface area (Å²) in [6.45, 7) is 20.3. The summed E-state index contributed by atoms with van der Waals surface area (Å²) in [5.74, 6) is 0. The molecule has 0 saturated carbocycles. The second-order valence-corrected chi connectivity index (χ2v) is 7.31. The highest BCUT2D eigenvalue weighted by atomic mass is 32.1. The van der Waals surface area contributed by atoms with Gasteiger partial charge in [-0.2, -0.15) is 12.6 Å². The van der Waals surface area contributed by atoms with Crippen molar-refractivity contribution in [3.8, 4) is 22.3 Å². The van der Waals surface area contributed by atoms with Gasteiger partial charge in [0.2, 0.25) is 0 Å². The van der Waals surface area contributed by atoms with Crippen LogP contribution in [0.2, 0.25) is 0 Å². The van der Waals surface area contributed by atoms with Gasteiger partial charge < -0.3 is 0 Å². The number of hydrogen-bond donors (Lipinski definition) is 1. The van der Waals surface area contributed by atoms with E-state index >= 15 is 0 Å². The molecule has 202 valence electrons. The van der Waals surface area contributed by atoms with Crippen molar-refractivity contribution in [2.75, 3.05) is 6.26 Å². The van der Waals surface area contributed by atoms with Crippen LogP contribution in [0.1, 0.15) is 77.6 Å². The van der Waals surface area contributed by atoms with Crippen LogP contribution >= 0.6 is 12.6 Å². The molecular weight excluding hydrogens is 464 g/mol. The molecule has 0 aromatic heterocycles. The molecule has 4 rings (SSSR count). The van der Waals surface area contributed by atoms with Gasteiger partial charge in [0, 0.05) is 0 Å². The van der Waals surface area contributed by atoms with E-state index in [0.29, 0.717) is 0 Å². The molecule has 1 heteroatoms. The van der Waals surface area contributed by atoms with Crippen LogP contribution in [0.4, 0.5) is 0 Å². The Morgan fingerprint density at radius 3 is 0.973 bits per heavy atom. The normalized spacial score (nSPS) is 8.65. The summed E-state index contributed by atoms with van der Waals surface area (Å²) >= 11 is 3.53. The first-order valence-electron chi connectivity index (χ1n) is 13.9. The smallest absolute Gasteiger partial charge is 0.00258 e. The summed E-state index contributed by atoms with van der Waals surface area (Å²) in [5, 5.41) is 0. The molecule has 0 atom stereocenters. The zero-order valence-corrected chi connectivity index (χ0v) is 26.3. The van der Waals surface area contributed by atoms with Crippen LogP contribution in [0.5, 0.6) is 0 Å². The minimum Gasteiger partial charge on any atom is -0.183 e. The van der Waals surface area contributed by atoms with Crippen LogP contribution in [0.25, 0.3) is 22.3 Å². The lowest BCUT2D eigenvalue weighted by Gasteiger charge is -2.07. The second kappa shape index (κ2) is 23.6. The molecule has 0 saturated heterocycles. The Kier molecular flexibility index (Phi) is 23.2. The second-order valence-electron chi connectivity index (χ2n) is 7.31. The van der Waals surface area contributed by atoms with Crippen LogP contribution in [0, 0.1) is 13.8 Å². The number of rotatable bonds is 4. The average Bonchev–Trinajstić information content (AvgIpc) is 2.99. The molecule has 4 aromatic carbocycles. The third-order valence-electron chi connectivity index (χ3n) is 5.02. The van der Waals surface area contributed by atoms with Gasteiger partial charge in [-0.3, -0.25) is 0 Å². The van der Waals surface area contributed by atoms with Crippen LogP contribution in [0.3, 0.4) is 0 Å². The van der Waals surface area contributed by atoms with Gasteiger partial charge in [0.15, 0.2) is 0 Å². The number of benzene rings is 4. The summed E-state index contributed by atoms with van der Waals surface area (Å²) in [5.41, 5.74) is 10.4. The first kappa shape index (κ1) is 36.4. The van der Waals surface area contributed by atoms with Gasteiger partial charge in [-0.25, -0.2) is 0 Å². The molecule has 0 aliphatic carbocycles. The van der Waals surface area contributed by atoms with Crippen molar-refractivity contribution >= 4 is 12.6 Å². The fourth-order valence-electron chi connectivity index (χ4n) is 3.52. The molecule has 0 radical (unpaired) electrons. The van der Waals surface area contributed by atoms with E-state index in [2.05, 4.69) is 124 Å². The van der Waals surface area contributed by atoms with E-state index in [0.717, 1.165) is 6.42 Å². The summed E-state index contributed by atoms with van der Waals surface area (Å²) in [6, 6.07) is 35.2. The highest BCUT2D eigenvalue weighted by molar-refractivity contribution is 7.79. The van der Waals surface area contributed by atoms with Crippen LogP contribution in [0.15, 0.2) is 97.1 Å². The van der Waals surface area contributed by atoms with Crippen molar-refractivity contribution in [1.82, 2.24) is 0 Å². The average molecular weight is 517 g/mol. The summed E-state index contributed by atoms with van der Waals surface area (Å²) in [6.07, 6.45) is 2.65. The number of aryl methyl sites for hydroxylation is 2. The van der Waals surface area contributed by atoms with Gasteiger partial charge >= 0.3 is 0 Å². The summed E-state index contributed by atoms with van der Waals surface area (Å²) in [7, 11) is 0. The van der Waals surface area contributed by atoms with Gasteiger partial charge in [0.1, 0.15) is 0 Å². The third kappa shape index (κ3) is 13.4. The van der Waals surface area contributed by atoms with E-state index in [1.807, 2.05) is 55.4 Å². The molecule has 0 spiro atoms. The van der Waals surface area contributed by atoms with Crippen LogP contribution in [-0.4, -0.2) is 6.26 Å². The van der Waals surface area contributed by atoms with Gasteiger partial charge in [-0.1, -0.05) is 164 Å². The zero-order valence-electron chi connectivity index (χ0n) is 25.4. The quantitative estimate of drug-likeness (QED) is 0.256. The standard InChI is InChI=1S/C27H24.4C2H6.CH4S/c1-20-5-3-7-26(17-20)24-13-9-22(10-14-24)19-23-11-15-25(16-12-23)27-8-4-6-21(2)18-27;5*1-2/h3-18H,19H2,1-2H3;4*1-2H3;2H,1H3. The third-order valence-corrected chi connectivity index (χ3v) is 5.02. The Hall–Kier alpha value is -2.77. The van der Waals surface area contributed by atoms with Crippen LogP contribution < -0.4 is 0 Å². The Bertz CT molecular complexity index is 958. The monoisotopic (exact) mass is 516 g/mol. The number of hydrogen-bond acceptors (Lipinski definition) is 1. The largest absolute Gasteiger partial charge is 0.183 e. The lowest BCUT2D eigenvalue weighted by Crippen LogP contribution is -1.89. The molecular formula is C36H52S. The molecule has 0 N–H and O–H groups in total. The molecule has 0 fully saturated rings. The number of thiol groups is 1. The van der Waals surface area contributed by atoms with E-state index in [1.165, 1.54) is 44.5 Å². The highest BCUT2D eigenvalue weighted by Gasteiger charge is 2.02. The first-order chi connectivity index (χ1) is 18.2. The fraction of sp³-hybridized carbons (Fsp3) is 0.333. The van der Waals surface area contributed by atoms with Crippen molar-refractivity contribution in [1.29, 1.82) is 0 Å². The van der Waals surface area contributed by atoms with E-state index in [4.69, 9.17) is 0 Å². The minimum atomic E-state index is 0.961. The Balaban J connectivity index is 0. The van der Waals surface area contributed by atoms with Gasteiger partial charge in [-0.05, 0) is 59.9 Å². The summed E-state index contributed by atoms with van der Waals surface area (Å²) in [4.78, 5) is 0. The molecule has 0 aliphatic rings. The van der Waals surface area contributed by atoms with Crippen molar-refractivity contribution < 1.29 is 0 Å². The Labute approximate surface area is 235 Å². The van der Waals surface area contributed by atoms with Crippen molar-refractivity contribution in [2.45, 2.75) is 75.7 Å².